The molecule has 0 unspecified atom stereocenters. The summed E-state index contributed by atoms with van der Waals surface area (Å²) in [5.74, 6) is 1.75. The summed E-state index contributed by atoms with van der Waals surface area (Å²) < 4.78 is 10.7. The predicted molar refractivity (Wildman–Crippen MR) is 80.6 cm³/mol. The molecule has 0 aliphatic rings. The summed E-state index contributed by atoms with van der Waals surface area (Å²) in [6.07, 6.45) is 1.45. The molecule has 2 rings (SSSR count). The number of nitrogens with zero attached hydrogens (tertiary/aromatic N) is 1. The standard InChI is InChI=1S/C16H18N2O3/c1-11-4-7-15(12(2)8-11)20-10-16(19)18-17-9-14-6-5-13(3)21-14/h4-9H,10H2,1-3H3,(H,18,19)/b17-9+. The van der Waals surface area contributed by atoms with E-state index in [1.54, 1.807) is 6.07 Å². The lowest BCUT2D eigenvalue weighted by molar-refractivity contribution is -0.123. The third kappa shape index (κ3) is 4.49. The summed E-state index contributed by atoms with van der Waals surface area (Å²) in [5, 5.41) is 3.81. The van der Waals surface area contributed by atoms with Crippen LogP contribution in [-0.4, -0.2) is 18.7 Å². The zero-order chi connectivity index (χ0) is 15.2. The molecule has 1 aromatic heterocycles. The summed E-state index contributed by atoms with van der Waals surface area (Å²) in [6.45, 7) is 5.71. The minimum atomic E-state index is -0.325. The van der Waals surface area contributed by atoms with E-state index >= 15 is 0 Å². The molecule has 110 valence electrons. The molecule has 0 spiro atoms. The Morgan fingerprint density at radius 3 is 2.76 bits per heavy atom. The molecular weight excluding hydrogens is 268 g/mol. The van der Waals surface area contributed by atoms with E-state index in [0.717, 1.165) is 16.9 Å². The lowest BCUT2D eigenvalue weighted by atomic mass is 10.1. The van der Waals surface area contributed by atoms with E-state index in [2.05, 4.69) is 10.5 Å². The fourth-order valence-corrected chi connectivity index (χ4v) is 1.83. The van der Waals surface area contributed by atoms with Crippen molar-refractivity contribution >= 4 is 12.1 Å². The molecule has 1 heterocycles. The second-order valence-electron chi connectivity index (χ2n) is 4.80. The van der Waals surface area contributed by atoms with Crippen molar-refractivity contribution in [3.63, 3.8) is 0 Å². The molecule has 0 aliphatic heterocycles. The van der Waals surface area contributed by atoms with Gasteiger partial charge in [-0.1, -0.05) is 17.7 Å². The highest BCUT2D eigenvalue weighted by atomic mass is 16.5. The van der Waals surface area contributed by atoms with E-state index < -0.39 is 0 Å². The molecule has 0 aliphatic carbocycles. The van der Waals surface area contributed by atoms with E-state index in [4.69, 9.17) is 9.15 Å². The van der Waals surface area contributed by atoms with Gasteiger partial charge in [-0.2, -0.15) is 5.10 Å². The van der Waals surface area contributed by atoms with Crippen LogP contribution in [-0.2, 0) is 4.79 Å². The van der Waals surface area contributed by atoms with Crippen molar-refractivity contribution in [1.29, 1.82) is 0 Å². The van der Waals surface area contributed by atoms with Crippen molar-refractivity contribution in [2.45, 2.75) is 20.8 Å². The topological polar surface area (TPSA) is 63.8 Å². The Kier molecular flexibility index (Phi) is 4.77. The highest BCUT2D eigenvalue weighted by molar-refractivity contribution is 5.81. The predicted octanol–water partition coefficient (Wildman–Crippen LogP) is 2.73. The summed E-state index contributed by atoms with van der Waals surface area (Å²) in [6, 6.07) is 9.40. The summed E-state index contributed by atoms with van der Waals surface area (Å²) >= 11 is 0. The molecular formula is C16H18N2O3. The number of hydrogen-bond acceptors (Lipinski definition) is 4. The first-order valence-corrected chi connectivity index (χ1v) is 6.63. The van der Waals surface area contributed by atoms with Gasteiger partial charge in [0.05, 0.1) is 6.21 Å². The maximum absolute atomic E-state index is 11.6. The average molecular weight is 286 g/mol. The Hall–Kier alpha value is -2.56. The van der Waals surface area contributed by atoms with Crippen LogP contribution in [0.15, 0.2) is 39.9 Å². The number of rotatable bonds is 5. The number of hydrazone groups is 1. The van der Waals surface area contributed by atoms with E-state index in [1.807, 2.05) is 45.0 Å². The first-order valence-electron chi connectivity index (χ1n) is 6.63. The second-order valence-corrected chi connectivity index (χ2v) is 4.80. The fraction of sp³-hybridized carbons (Fsp3) is 0.250. The van der Waals surface area contributed by atoms with Crippen LogP contribution in [0.25, 0.3) is 0 Å². The Balaban J connectivity index is 1.81. The molecule has 0 saturated heterocycles. The smallest absolute Gasteiger partial charge is 0.277 e. The van der Waals surface area contributed by atoms with Gasteiger partial charge in [0, 0.05) is 0 Å². The van der Waals surface area contributed by atoms with Crippen molar-refractivity contribution in [3.05, 3.63) is 53.0 Å². The molecule has 0 radical (unpaired) electrons. The molecule has 2 aromatic rings. The fourth-order valence-electron chi connectivity index (χ4n) is 1.83. The van der Waals surface area contributed by atoms with Gasteiger partial charge in [-0.05, 0) is 44.5 Å². The number of carbonyl (C=O) groups excluding carboxylic acids is 1. The van der Waals surface area contributed by atoms with Crippen LogP contribution in [0.2, 0.25) is 0 Å². The number of ether oxygens (including phenoxy) is 1. The third-order valence-electron chi connectivity index (χ3n) is 2.83. The first kappa shape index (κ1) is 14.8. The molecule has 0 atom stereocenters. The normalized spacial score (nSPS) is 10.8. The summed E-state index contributed by atoms with van der Waals surface area (Å²) in [7, 11) is 0. The molecule has 1 N–H and O–H groups in total. The molecule has 0 saturated carbocycles. The van der Waals surface area contributed by atoms with Crippen LogP contribution < -0.4 is 10.2 Å². The van der Waals surface area contributed by atoms with Gasteiger partial charge in [0.1, 0.15) is 17.3 Å². The number of furan rings is 1. The minimum Gasteiger partial charge on any atom is -0.483 e. The molecule has 0 fully saturated rings. The minimum absolute atomic E-state index is 0.0849. The lowest BCUT2D eigenvalue weighted by Gasteiger charge is -2.08. The van der Waals surface area contributed by atoms with E-state index in [-0.39, 0.29) is 12.5 Å². The zero-order valence-corrected chi connectivity index (χ0v) is 12.3. The Morgan fingerprint density at radius 2 is 2.10 bits per heavy atom. The molecule has 0 bridgehead atoms. The first-order chi connectivity index (χ1) is 10.0. The zero-order valence-electron chi connectivity index (χ0n) is 12.3. The quantitative estimate of drug-likeness (QED) is 0.679. The molecule has 1 amide bonds. The monoisotopic (exact) mass is 286 g/mol. The number of amides is 1. The van der Waals surface area contributed by atoms with Gasteiger partial charge in [0.15, 0.2) is 6.61 Å². The van der Waals surface area contributed by atoms with Crippen molar-refractivity contribution in [1.82, 2.24) is 5.43 Å². The summed E-state index contributed by atoms with van der Waals surface area (Å²) in [5.41, 5.74) is 4.54. The number of benzene rings is 1. The number of carbonyl (C=O) groups is 1. The van der Waals surface area contributed by atoms with Gasteiger partial charge in [0.25, 0.3) is 5.91 Å². The van der Waals surface area contributed by atoms with E-state index in [9.17, 15) is 4.79 Å². The van der Waals surface area contributed by atoms with Crippen LogP contribution in [0.1, 0.15) is 22.6 Å². The van der Waals surface area contributed by atoms with Crippen LogP contribution in [0.4, 0.5) is 0 Å². The average Bonchev–Trinajstić information content (AvgIpc) is 2.83. The van der Waals surface area contributed by atoms with Crippen LogP contribution >= 0.6 is 0 Å². The van der Waals surface area contributed by atoms with Crippen molar-refractivity contribution in [2.75, 3.05) is 6.61 Å². The molecule has 21 heavy (non-hydrogen) atoms. The highest BCUT2D eigenvalue weighted by Crippen LogP contribution is 2.18. The lowest BCUT2D eigenvalue weighted by Crippen LogP contribution is -2.24. The number of hydrogen-bond donors (Lipinski definition) is 1. The molecule has 5 heteroatoms. The number of aryl methyl sites for hydroxylation is 3. The van der Waals surface area contributed by atoms with Gasteiger partial charge in [0.2, 0.25) is 0 Å². The van der Waals surface area contributed by atoms with Gasteiger partial charge in [-0.3, -0.25) is 4.79 Å². The Labute approximate surface area is 123 Å². The molecule has 5 nitrogen and oxygen atoms in total. The van der Waals surface area contributed by atoms with E-state index in [1.165, 1.54) is 6.21 Å². The van der Waals surface area contributed by atoms with Crippen LogP contribution in [0.3, 0.4) is 0 Å². The third-order valence-corrected chi connectivity index (χ3v) is 2.83. The maximum Gasteiger partial charge on any atom is 0.277 e. The van der Waals surface area contributed by atoms with E-state index in [0.29, 0.717) is 11.5 Å². The number of nitrogens with one attached hydrogen (secondary N) is 1. The van der Waals surface area contributed by atoms with Crippen molar-refractivity contribution < 1.29 is 13.9 Å². The van der Waals surface area contributed by atoms with Crippen LogP contribution in [0, 0.1) is 20.8 Å². The highest BCUT2D eigenvalue weighted by Gasteiger charge is 2.04. The van der Waals surface area contributed by atoms with Gasteiger partial charge in [-0.15, -0.1) is 0 Å². The Morgan fingerprint density at radius 1 is 1.29 bits per heavy atom. The van der Waals surface area contributed by atoms with Gasteiger partial charge >= 0.3 is 0 Å². The van der Waals surface area contributed by atoms with Crippen molar-refractivity contribution in [3.8, 4) is 5.75 Å². The molecule has 1 aromatic carbocycles. The second kappa shape index (κ2) is 6.74. The van der Waals surface area contributed by atoms with Gasteiger partial charge in [-0.25, -0.2) is 5.43 Å². The largest absolute Gasteiger partial charge is 0.483 e. The van der Waals surface area contributed by atoms with Gasteiger partial charge < -0.3 is 9.15 Å². The SMILES string of the molecule is Cc1ccc(OCC(=O)N/N=C/c2ccc(C)o2)c(C)c1. The van der Waals surface area contributed by atoms with Crippen molar-refractivity contribution in [2.24, 2.45) is 5.10 Å². The Bertz CT molecular complexity index is 659. The summed E-state index contributed by atoms with van der Waals surface area (Å²) in [4.78, 5) is 11.6. The van der Waals surface area contributed by atoms with Crippen LogP contribution in [0.5, 0.6) is 5.75 Å². The maximum atomic E-state index is 11.6.